The SMILES string of the molecule is C#Cc1ccccc1C(C(=O)NC(Cc1ccccc1)C(=O)OC(C)(C)C)N(CCCCC)C(=O)C(Cc1ccc(O)cc1)NC(=O)OC(C)(C)C. The first-order chi connectivity index (χ1) is 24.5. The molecule has 278 valence electrons. The lowest BCUT2D eigenvalue weighted by Crippen LogP contribution is -2.55. The van der Waals surface area contributed by atoms with E-state index >= 15 is 0 Å². The van der Waals surface area contributed by atoms with E-state index in [9.17, 15) is 24.3 Å². The average Bonchev–Trinajstić information content (AvgIpc) is 3.07. The van der Waals surface area contributed by atoms with Crippen molar-refractivity contribution in [3.05, 3.63) is 101 Å². The van der Waals surface area contributed by atoms with Gasteiger partial charge in [0.25, 0.3) is 0 Å². The Morgan fingerprint density at radius 1 is 0.769 bits per heavy atom. The molecule has 3 rings (SSSR count). The Hall–Kier alpha value is -5.30. The summed E-state index contributed by atoms with van der Waals surface area (Å²) in [5, 5.41) is 15.6. The third kappa shape index (κ3) is 13.1. The van der Waals surface area contributed by atoms with Crippen molar-refractivity contribution < 1.29 is 33.8 Å². The van der Waals surface area contributed by atoms with Crippen molar-refractivity contribution in [3.63, 3.8) is 0 Å². The third-order valence-electron chi connectivity index (χ3n) is 7.91. The topological polar surface area (TPSA) is 134 Å². The van der Waals surface area contributed by atoms with Crippen LogP contribution in [0.1, 0.15) is 96.0 Å². The van der Waals surface area contributed by atoms with Crippen molar-refractivity contribution in [2.24, 2.45) is 0 Å². The molecular formula is C42H53N3O7. The van der Waals surface area contributed by atoms with Crippen molar-refractivity contribution in [2.45, 2.75) is 110 Å². The molecule has 0 bridgehead atoms. The predicted octanol–water partition coefficient (Wildman–Crippen LogP) is 6.64. The van der Waals surface area contributed by atoms with Crippen LogP contribution in [0.3, 0.4) is 0 Å². The van der Waals surface area contributed by atoms with Crippen molar-refractivity contribution in [1.82, 2.24) is 15.5 Å². The second-order valence-electron chi connectivity index (χ2n) is 14.7. The molecule has 10 heteroatoms. The first-order valence-corrected chi connectivity index (χ1v) is 17.7. The highest BCUT2D eigenvalue weighted by Crippen LogP contribution is 2.28. The molecule has 3 aromatic carbocycles. The number of ether oxygens (including phenoxy) is 2. The van der Waals surface area contributed by atoms with Gasteiger partial charge in [-0.3, -0.25) is 9.59 Å². The lowest BCUT2D eigenvalue weighted by Gasteiger charge is -2.36. The highest BCUT2D eigenvalue weighted by Gasteiger charge is 2.39. The normalized spacial score (nSPS) is 13.1. The number of unbranched alkanes of at least 4 members (excludes halogenated alkanes) is 2. The second kappa shape index (κ2) is 18.8. The molecule has 0 aromatic heterocycles. The summed E-state index contributed by atoms with van der Waals surface area (Å²) in [5.74, 6) is 0.869. The Morgan fingerprint density at radius 3 is 1.94 bits per heavy atom. The number of benzene rings is 3. The zero-order valence-corrected chi connectivity index (χ0v) is 31.4. The highest BCUT2D eigenvalue weighted by molar-refractivity contribution is 5.94. The summed E-state index contributed by atoms with van der Waals surface area (Å²) in [5.41, 5.74) is 0.548. The minimum absolute atomic E-state index is 0.0301. The van der Waals surface area contributed by atoms with Gasteiger partial charge in [-0.1, -0.05) is 86.3 Å². The van der Waals surface area contributed by atoms with Crippen LogP contribution >= 0.6 is 0 Å². The van der Waals surface area contributed by atoms with E-state index in [0.29, 0.717) is 23.1 Å². The molecule has 3 atom stereocenters. The van der Waals surface area contributed by atoms with Gasteiger partial charge in [0.2, 0.25) is 11.8 Å². The number of carbonyl (C=O) groups is 4. The van der Waals surface area contributed by atoms with Crippen molar-refractivity contribution >= 4 is 23.9 Å². The van der Waals surface area contributed by atoms with Crippen LogP contribution in [0.15, 0.2) is 78.9 Å². The molecule has 0 spiro atoms. The van der Waals surface area contributed by atoms with E-state index < -0.39 is 53.2 Å². The number of hydrogen-bond acceptors (Lipinski definition) is 7. The second-order valence-corrected chi connectivity index (χ2v) is 14.7. The summed E-state index contributed by atoms with van der Waals surface area (Å²) in [6, 6.07) is 18.8. The summed E-state index contributed by atoms with van der Waals surface area (Å²) in [6.45, 7) is 12.6. The maximum absolute atomic E-state index is 14.9. The van der Waals surface area contributed by atoms with Gasteiger partial charge in [-0.05, 0) is 82.9 Å². The van der Waals surface area contributed by atoms with E-state index in [0.717, 1.165) is 18.4 Å². The molecule has 0 aliphatic carbocycles. The molecule has 10 nitrogen and oxygen atoms in total. The van der Waals surface area contributed by atoms with Gasteiger partial charge in [0.15, 0.2) is 0 Å². The molecule has 0 aliphatic heterocycles. The number of nitrogens with one attached hydrogen (secondary N) is 2. The van der Waals surface area contributed by atoms with Crippen LogP contribution in [-0.4, -0.2) is 63.7 Å². The third-order valence-corrected chi connectivity index (χ3v) is 7.91. The maximum Gasteiger partial charge on any atom is 0.408 e. The first-order valence-electron chi connectivity index (χ1n) is 17.7. The minimum Gasteiger partial charge on any atom is -0.508 e. The monoisotopic (exact) mass is 711 g/mol. The molecule has 3 aromatic rings. The zero-order valence-electron chi connectivity index (χ0n) is 31.4. The average molecular weight is 712 g/mol. The number of carbonyl (C=O) groups excluding carboxylic acids is 4. The van der Waals surface area contributed by atoms with Crippen molar-refractivity contribution in [3.8, 4) is 18.1 Å². The molecule has 52 heavy (non-hydrogen) atoms. The minimum atomic E-state index is -1.29. The number of aromatic hydroxyl groups is 1. The number of phenols is 1. The maximum atomic E-state index is 14.9. The fourth-order valence-corrected chi connectivity index (χ4v) is 5.60. The van der Waals surface area contributed by atoms with Gasteiger partial charge in [-0.25, -0.2) is 9.59 Å². The number of phenolic OH excluding ortho intramolecular Hbond substituents is 1. The Kier molecular flexibility index (Phi) is 14.9. The van der Waals surface area contributed by atoms with Crippen LogP contribution < -0.4 is 10.6 Å². The van der Waals surface area contributed by atoms with Gasteiger partial charge in [0.1, 0.15) is 35.1 Å². The number of esters is 1. The van der Waals surface area contributed by atoms with Gasteiger partial charge in [0, 0.05) is 24.9 Å². The number of amides is 3. The molecule has 3 N–H and O–H groups in total. The van der Waals surface area contributed by atoms with E-state index in [-0.39, 0.29) is 25.1 Å². The summed E-state index contributed by atoms with van der Waals surface area (Å²) in [6.07, 6.45) is 7.45. The van der Waals surface area contributed by atoms with Crippen LogP contribution in [-0.2, 0) is 36.7 Å². The molecule has 0 heterocycles. The molecule has 0 aliphatic rings. The lowest BCUT2D eigenvalue weighted by molar-refractivity contribution is -0.159. The summed E-state index contributed by atoms with van der Waals surface area (Å²) < 4.78 is 11.3. The predicted molar refractivity (Wildman–Crippen MR) is 201 cm³/mol. The molecule has 3 amide bonds. The van der Waals surface area contributed by atoms with Gasteiger partial charge in [-0.2, -0.15) is 0 Å². The zero-order chi connectivity index (χ0) is 38.5. The molecule has 0 saturated carbocycles. The molecule has 0 saturated heterocycles. The van der Waals surface area contributed by atoms with Gasteiger partial charge < -0.3 is 30.1 Å². The van der Waals surface area contributed by atoms with Crippen LogP contribution in [0, 0.1) is 12.3 Å². The van der Waals surface area contributed by atoms with Crippen molar-refractivity contribution in [1.29, 1.82) is 0 Å². The summed E-state index contributed by atoms with van der Waals surface area (Å²) >= 11 is 0. The van der Waals surface area contributed by atoms with Crippen LogP contribution in [0.4, 0.5) is 4.79 Å². The summed E-state index contributed by atoms with van der Waals surface area (Å²) in [4.78, 5) is 57.9. The standard InChI is InChI=1S/C42H53N3O7/c1-9-11-17-26-45(38(48)34(44-40(50)52-42(6,7)8)27-30-22-24-32(46)25-23-30)36(33-21-16-15-20-31(33)10-2)37(47)43-35(39(49)51-41(3,4)5)28-29-18-13-12-14-19-29/h2,12-16,18-25,34-36,46H,9,11,17,26-28H2,1,3-8H3,(H,43,47)(H,44,50). The number of rotatable bonds is 15. The molecule has 3 unspecified atom stereocenters. The van der Waals surface area contributed by atoms with Gasteiger partial charge in [0.05, 0.1) is 0 Å². The molecular weight excluding hydrogens is 658 g/mol. The molecule has 0 fully saturated rings. The van der Waals surface area contributed by atoms with Crippen LogP contribution in [0.25, 0.3) is 0 Å². The first kappa shape index (κ1) is 41.1. The quantitative estimate of drug-likeness (QED) is 0.0915. The summed E-state index contributed by atoms with van der Waals surface area (Å²) in [7, 11) is 0. The van der Waals surface area contributed by atoms with E-state index in [4.69, 9.17) is 15.9 Å². The largest absolute Gasteiger partial charge is 0.508 e. The van der Waals surface area contributed by atoms with Crippen molar-refractivity contribution in [2.75, 3.05) is 6.54 Å². The number of terminal acetylenes is 1. The molecule has 0 radical (unpaired) electrons. The van der Waals surface area contributed by atoms with E-state index in [1.165, 1.54) is 17.0 Å². The fraction of sp³-hybridized carbons (Fsp3) is 0.429. The van der Waals surface area contributed by atoms with E-state index in [1.54, 1.807) is 77.9 Å². The number of nitrogens with zero attached hydrogens (tertiary/aromatic N) is 1. The Morgan fingerprint density at radius 2 is 1.35 bits per heavy atom. The lowest BCUT2D eigenvalue weighted by atomic mass is 9.95. The highest BCUT2D eigenvalue weighted by atomic mass is 16.6. The fourth-order valence-electron chi connectivity index (χ4n) is 5.60. The number of hydrogen-bond donors (Lipinski definition) is 3. The smallest absolute Gasteiger partial charge is 0.408 e. The van der Waals surface area contributed by atoms with E-state index in [1.807, 2.05) is 37.3 Å². The van der Waals surface area contributed by atoms with Gasteiger partial charge in [-0.15, -0.1) is 6.42 Å². The Labute approximate surface area is 308 Å². The van der Waals surface area contributed by atoms with Crippen LogP contribution in [0.2, 0.25) is 0 Å². The van der Waals surface area contributed by atoms with E-state index in [2.05, 4.69) is 16.6 Å². The number of alkyl carbamates (subject to hydrolysis) is 1. The van der Waals surface area contributed by atoms with Crippen LogP contribution in [0.5, 0.6) is 5.75 Å². The Bertz CT molecular complexity index is 1690. The Balaban J connectivity index is 2.16. The van der Waals surface area contributed by atoms with Gasteiger partial charge >= 0.3 is 12.1 Å².